The smallest absolute Gasteiger partial charge is 0.120 e. The Morgan fingerprint density at radius 1 is 1.53 bits per heavy atom. The lowest BCUT2D eigenvalue weighted by atomic mass is 10.0. The van der Waals surface area contributed by atoms with Gasteiger partial charge in [-0.15, -0.1) is 0 Å². The summed E-state index contributed by atoms with van der Waals surface area (Å²) in [4.78, 5) is 2.75. The second-order valence-corrected chi connectivity index (χ2v) is 5.46. The number of nitrogens with two attached hydrogens (primary N) is 1. The van der Waals surface area contributed by atoms with E-state index >= 15 is 0 Å². The Morgan fingerprint density at radius 3 is 2.95 bits per heavy atom. The van der Waals surface area contributed by atoms with E-state index in [1.807, 2.05) is 18.2 Å². The SMILES string of the molecule is COc1ccc(C(N)=S)c(NC2CCCN(C)C2)c1. The van der Waals surface area contributed by atoms with E-state index in [0.717, 1.165) is 23.5 Å². The summed E-state index contributed by atoms with van der Waals surface area (Å²) in [7, 11) is 3.81. The Labute approximate surface area is 119 Å². The lowest BCUT2D eigenvalue weighted by Gasteiger charge is -2.31. The molecule has 0 aliphatic carbocycles. The summed E-state index contributed by atoms with van der Waals surface area (Å²) in [5.41, 5.74) is 7.62. The van der Waals surface area contributed by atoms with Crippen LogP contribution in [0.1, 0.15) is 18.4 Å². The summed E-state index contributed by atoms with van der Waals surface area (Å²) < 4.78 is 5.27. The summed E-state index contributed by atoms with van der Waals surface area (Å²) >= 11 is 5.11. The van der Waals surface area contributed by atoms with E-state index in [0.29, 0.717) is 11.0 Å². The Kier molecular flexibility index (Phi) is 4.61. The molecule has 0 amide bonds. The van der Waals surface area contributed by atoms with Crippen LogP contribution >= 0.6 is 12.2 Å². The number of hydrogen-bond donors (Lipinski definition) is 2. The van der Waals surface area contributed by atoms with Crippen LogP contribution in [0.3, 0.4) is 0 Å². The van der Waals surface area contributed by atoms with Crippen molar-refractivity contribution >= 4 is 22.9 Å². The highest BCUT2D eigenvalue weighted by Crippen LogP contribution is 2.24. The molecule has 1 heterocycles. The first-order valence-corrected chi connectivity index (χ1v) is 6.94. The molecule has 104 valence electrons. The van der Waals surface area contributed by atoms with Gasteiger partial charge in [0.05, 0.1) is 7.11 Å². The molecule has 1 aliphatic rings. The van der Waals surface area contributed by atoms with Crippen molar-refractivity contribution in [1.82, 2.24) is 4.90 Å². The predicted molar refractivity (Wildman–Crippen MR) is 83.0 cm³/mol. The molecule has 1 atom stereocenters. The Morgan fingerprint density at radius 2 is 2.32 bits per heavy atom. The molecule has 0 radical (unpaired) electrons. The molecular weight excluding hydrogens is 258 g/mol. The first kappa shape index (κ1) is 14.1. The molecule has 5 heteroatoms. The standard InChI is InChI=1S/C14H21N3OS/c1-17-7-3-4-10(9-17)16-13-8-11(18-2)5-6-12(13)14(15)19/h5-6,8,10,16H,3-4,7,9H2,1-2H3,(H2,15,19). The average Bonchev–Trinajstić information content (AvgIpc) is 2.38. The Bertz CT molecular complexity index is 464. The third kappa shape index (κ3) is 3.58. The molecule has 3 N–H and O–H groups in total. The maximum atomic E-state index is 5.78. The van der Waals surface area contributed by atoms with Crippen LogP contribution in [0.5, 0.6) is 5.75 Å². The van der Waals surface area contributed by atoms with E-state index in [-0.39, 0.29) is 0 Å². The topological polar surface area (TPSA) is 50.5 Å². The molecule has 1 saturated heterocycles. The molecule has 1 fully saturated rings. The van der Waals surface area contributed by atoms with Crippen LogP contribution in [0.25, 0.3) is 0 Å². The number of hydrogen-bond acceptors (Lipinski definition) is 4. The van der Waals surface area contributed by atoms with Crippen molar-refractivity contribution in [2.24, 2.45) is 5.73 Å². The first-order chi connectivity index (χ1) is 9.10. The van der Waals surface area contributed by atoms with Crippen LogP contribution in [0, 0.1) is 0 Å². The van der Waals surface area contributed by atoms with Gasteiger partial charge in [-0.2, -0.15) is 0 Å². The minimum absolute atomic E-state index is 0.411. The van der Waals surface area contributed by atoms with Gasteiger partial charge in [-0.3, -0.25) is 0 Å². The first-order valence-electron chi connectivity index (χ1n) is 6.53. The number of likely N-dealkylation sites (N-methyl/N-ethyl adjacent to an activating group) is 1. The van der Waals surface area contributed by atoms with E-state index in [9.17, 15) is 0 Å². The summed E-state index contributed by atoms with van der Waals surface area (Å²) in [5, 5.41) is 3.55. The number of ether oxygens (including phenoxy) is 1. The number of piperidine rings is 1. The number of thiocarbonyl (C=S) groups is 1. The predicted octanol–water partition coefficient (Wildman–Crippen LogP) is 1.84. The molecule has 1 aromatic rings. The van der Waals surface area contributed by atoms with Crippen molar-refractivity contribution in [3.05, 3.63) is 23.8 Å². The summed E-state index contributed by atoms with van der Waals surface area (Å²) in [6.07, 6.45) is 2.37. The molecule has 1 unspecified atom stereocenters. The van der Waals surface area contributed by atoms with Crippen LogP contribution in [-0.4, -0.2) is 43.2 Å². The van der Waals surface area contributed by atoms with E-state index < -0.39 is 0 Å². The van der Waals surface area contributed by atoms with Gasteiger partial charge in [0.1, 0.15) is 10.7 Å². The van der Waals surface area contributed by atoms with Crippen LogP contribution in [0.4, 0.5) is 5.69 Å². The normalized spacial score (nSPS) is 20.0. The van der Waals surface area contributed by atoms with Gasteiger partial charge in [0.25, 0.3) is 0 Å². The number of methoxy groups -OCH3 is 1. The van der Waals surface area contributed by atoms with E-state index in [1.165, 1.54) is 19.4 Å². The fourth-order valence-corrected chi connectivity index (χ4v) is 2.67. The Balaban J connectivity index is 2.19. The minimum Gasteiger partial charge on any atom is -0.497 e. The van der Waals surface area contributed by atoms with Crippen molar-refractivity contribution < 1.29 is 4.74 Å². The second kappa shape index (κ2) is 6.21. The number of rotatable bonds is 4. The highest BCUT2D eigenvalue weighted by atomic mass is 32.1. The fraction of sp³-hybridized carbons (Fsp3) is 0.500. The van der Waals surface area contributed by atoms with E-state index in [1.54, 1.807) is 7.11 Å². The number of likely N-dealkylation sites (tertiary alicyclic amines) is 1. The molecule has 0 saturated carbocycles. The third-order valence-corrected chi connectivity index (χ3v) is 3.70. The van der Waals surface area contributed by atoms with Crippen LogP contribution < -0.4 is 15.8 Å². The van der Waals surface area contributed by atoms with Crippen molar-refractivity contribution in [1.29, 1.82) is 0 Å². The lowest BCUT2D eigenvalue weighted by Crippen LogP contribution is -2.40. The van der Waals surface area contributed by atoms with Gasteiger partial charge in [0.2, 0.25) is 0 Å². The van der Waals surface area contributed by atoms with Gasteiger partial charge in [-0.25, -0.2) is 0 Å². The minimum atomic E-state index is 0.411. The fourth-order valence-electron chi connectivity index (χ4n) is 2.49. The maximum absolute atomic E-state index is 5.78. The van der Waals surface area contributed by atoms with Gasteiger partial charge >= 0.3 is 0 Å². The van der Waals surface area contributed by atoms with Crippen LogP contribution in [0.2, 0.25) is 0 Å². The zero-order valence-electron chi connectivity index (χ0n) is 11.5. The zero-order chi connectivity index (χ0) is 13.8. The van der Waals surface area contributed by atoms with Crippen molar-refractivity contribution in [2.75, 3.05) is 32.6 Å². The summed E-state index contributed by atoms with van der Waals surface area (Å²) in [6.45, 7) is 2.20. The monoisotopic (exact) mass is 279 g/mol. The second-order valence-electron chi connectivity index (χ2n) is 5.02. The zero-order valence-corrected chi connectivity index (χ0v) is 12.3. The van der Waals surface area contributed by atoms with Gasteiger partial charge in [-0.05, 0) is 38.6 Å². The number of benzene rings is 1. The molecule has 19 heavy (non-hydrogen) atoms. The highest BCUT2D eigenvalue weighted by molar-refractivity contribution is 7.80. The van der Waals surface area contributed by atoms with Gasteiger partial charge < -0.3 is 20.7 Å². The summed E-state index contributed by atoms with van der Waals surface area (Å²) in [5.74, 6) is 0.812. The molecule has 4 nitrogen and oxygen atoms in total. The van der Waals surface area contributed by atoms with Crippen LogP contribution in [-0.2, 0) is 0 Å². The largest absolute Gasteiger partial charge is 0.497 e. The van der Waals surface area contributed by atoms with Gasteiger partial charge in [-0.1, -0.05) is 12.2 Å². The lowest BCUT2D eigenvalue weighted by molar-refractivity contribution is 0.261. The molecule has 1 aromatic carbocycles. The number of nitrogens with zero attached hydrogens (tertiary/aromatic N) is 1. The highest BCUT2D eigenvalue weighted by Gasteiger charge is 2.18. The van der Waals surface area contributed by atoms with Crippen molar-refractivity contribution in [3.63, 3.8) is 0 Å². The Hall–Kier alpha value is -1.33. The molecule has 1 aliphatic heterocycles. The molecule has 0 aromatic heterocycles. The van der Waals surface area contributed by atoms with Crippen molar-refractivity contribution in [3.8, 4) is 5.75 Å². The third-order valence-electron chi connectivity index (χ3n) is 3.48. The molecule has 2 rings (SSSR count). The van der Waals surface area contributed by atoms with Crippen LogP contribution in [0.15, 0.2) is 18.2 Å². The van der Waals surface area contributed by atoms with E-state index in [4.69, 9.17) is 22.7 Å². The maximum Gasteiger partial charge on any atom is 0.120 e. The summed E-state index contributed by atoms with van der Waals surface area (Å²) in [6, 6.07) is 6.19. The molecular formula is C14H21N3OS. The number of nitrogens with one attached hydrogen (secondary N) is 1. The van der Waals surface area contributed by atoms with Gasteiger partial charge in [0, 0.05) is 29.9 Å². The van der Waals surface area contributed by atoms with E-state index in [2.05, 4.69) is 17.3 Å². The number of anilines is 1. The average molecular weight is 279 g/mol. The quantitative estimate of drug-likeness (QED) is 0.824. The van der Waals surface area contributed by atoms with Gasteiger partial charge in [0.15, 0.2) is 0 Å². The molecule has 0 spiro atoms. The van der Waals surface area contributed by atoms with Crippen molar-refractivity contribution in [2.45, 2.75) is 18.9 Å². The molecule has 0 bridgehead atoms.